The van der Waals surface area contributed by atoms with Crippen LogP contribution in [0.4, 0.5) is 0 Å². The molecule has 0 unspecified atom stereocenters. The molecule has 0 aromatic rings. The molecule has 0 saturated carbocycles. The van der Waals surface area contributed by atoms with Crippen molar-refractivity contribution in [1.82, 2.24) is 0 Å². The third-order valence-corrected chi connectivity index (χ3v) is 1.14. The molecular formula is C8H10O4. The van der Waals surface area contributed by atoms with Gasteiger partial charge >= 0.3 is 5.97 Å². The van der Waals surface area contributed by atoms with Crippen molar-refractivity contribution in [3.63, 3.8) is 0 Å². The molecule has 66 valence electrons. The first-order chi connectivity index (χ1) is 5.49. The van der Waals surface area contributed by atoms with Crippen LogP contribution >= 0.6 is 0 Å². The maximum atomic E-state index is 10.7. The van der Waals surface area contributed by atoms with Crippen molar-refractivity contribution >= 4 is 17.5 Å². The summed E-state index contributed by atoms with van der Waals surface area (Å²) in [5, 5.41) is 0. The summed E-state index contributed by atoms with van der Waals surface area (Å²) in [5.74, 6) is -1.75. The van der Waals surface area contributed by atoms with Gasteiger partial charge in [0.05, 0.1) is 0 Å². The molecule has 0 amide bonds. The van der Waals surface area contributed by atoms with Gasteiger partial charge < -0.3 is 4.74 Å². The first-order valence-electron chi connectivity index (χ1n) is 3.33. The average Bonchev–Trinajstić information content (AvgIpc) is 1.98. The summed E-state index contributed by atoms with van der Waals surface area (Å²) in [5.41, 5.74) is 0. The first-order valence-corrected chi connectivity index (χ1v) is 3.33. The van der Waals surface area contributed by atoms with Crippen LogP contribution in [-0.4, -0.2) is 23.6 Å². The minimum Gasteiger partial charge on any atom is -0.443 e. The van der Waals surface area contributed by atoms with Crippen molar-refractivity contribution in [2.75, 3.05) is 0 Å². The number of rotatable bonds is 4. The predicted molar refractivity (Wildman–Crippen MR) is 41.4 cm³/mol. The molecule has 0 aromatic carbocycles. The van der Waals surface area contributed by atoms with Gasteiger partial charge in [-0.2, -0.15) is 0 Å². The van der Waals surface area contributed by atoms with Crippen LogP contribution < -0.4 is 0 Å². The fraction of sp³-hybridized carbons (Fsp3) is 0.375. The molecule has 0 aliphatic carbocycles. The fourth-order valence-electron chi connectivity index (χ4n) is 0.616. The van der Waals surface area contributed by atoms with E-state index in [2.05, 4.69) is 11.3 Å². The van der Waals surface area contributed by atoms with Crippen molar-refractivity contribution in [2.45, 2.75) is 20.0 Å². The second-order valence-electron chi connectivity index (χ2n) is 2.24. The second-order valence-corrected chi connectivity index (χ2v) is 2.24. The van der Waals surface area contributed by atoms with Crippen LogP contribution in [0.25, 0.3) is 0 Å². The van der Waals surface area contributed by atoms with E-state index >= 15 is 0 Å². The molecule has 0 bridgehead atoms. The number of hydrogen-bond acceptors (Lipinski definition) is 4. The van der Waals surface area contributed by atoms with E-state index in [0.29, 0.717) is 0 Å². The van der Waals surface area contributed by atoms with Crippen molar-refractivity contribution in [2.24, 2.45) is 0 Å². The lowest BCUT2D eigenvalue weighted by molar-refractivity contribution is -0.155. The van der Waals surface area contributed by atoms with Gasteiger partial charge in [-0.25, -0.2) is 4.79 Å². The van der Waals surface area contributed by atoms with Gasteiger partial charge in [0.1, 0.15) is 0 Å². The third kappa shape index (κ3) is 3.09. The summed E-state index contributed by atoms with van der Waals surface area (Å²) in [6.45, 7) is 5.50. The minimum atomic E-state index is -1.28. The fourth-order valence-corrected chi connectivity index (χ4v) is 0.616. The van der Waals surface area contributed by atoms with E-state index in [4.69, 9.17) is 0 Å². The number of Topliss-reactive ketones (excluding diaryl/α,β-unsaturated/α-hetero) is 2. The summed E-state index contributed by atoms with van der Waals surface area (Å²) >= 11 is 0. The molecule has 0 atom stereocenters. The van der Waals surface area contributed by atoms with Gasteiger partial charge in [-0.3, -0.25) is 9.59 Å². The highest BCUT2D eigenvalue weighted by atomic mass is 16.5. The van der Waals surface area contributed by atoms with Gasteiger partial charge in [0.25, 0.3) is 0 Å². The minimum absolute atomic E-state index is 0.488. The largest absolute Gasteiger partial charge is 0.443 e. The Kier molecular flexibility index (Phi) is 3.90. The number of ketones is 2. The first kappa shape index (κ1) is 10.6. The molecule has 12 heavy (non-hydrogen) atoms. The molecule has 0 aromatic heterocycles. The average molecular weight is 170 g/mol. The highest BCUT2D eigenvalue weighted by Gasteiger charge is 2.22. The van der Waals surface area contributed by atoms with E-state index in [-0.39, 0.29) is 0 Å². The molecule has 0 spiro atoms. The van der Waals surface area contributed by atoms with E-state index in [1.165, 1.54) is 13.8 Å². The van der Waals surface area contributed by atoms with E-state index < -0.39 is 23.6 Å². The summed E-state index contributed by atoms with van der Waals surface area (Å²) < 4.78 is 4.47. The Morgan fingerprint density at radius 3 is 1.92 bits per heavy atom. The van der Waals surface area contributed by atoms with E-state index in [1.807, 2.05) is 0 Å². The Morgan fingerprint density at radius 2 is 1.67 bits per heavy atom. The molecule has 0 N–H and O–H groups in total. The lowest BCUT2D eigenvalue weighted by Gasteiger charge is -2.09. The van der Waals surface area contributed by atoms with Gasteiger partial charge in [-0.1, -0.05) is 6.58 Å². The number of hydrogen-bond donors (Lipinski definition) is 0. The van der Waals surface area contributed by atoms with Crippen LogP contribution in [0.5, 0.6) is 0 Å². The van der Waals surface area contributed by atoms with Crippen molar-refractivity contribution in [3.05, 3.63) is 12.7 Å². The number of esters is 1. The quantitative estimate of drug-likeness (QED) is 0.345. The maximum Gasteiger partial charge on any atom is 0.331 e. The monoisotopic (exact) mass is 170 g/mol. The molecule has 0 radical (unpaired) electrons. The Bertz CT molecular complexity index is 215. The lowest BCUT2D eigenvalue weighted by Crippen LogP contribution is -2.31. The Balaban J connectivity index is 4.34. The van der Waals surface area contributed by atoms with E-state index in [0.717, 1.165) is 6.08 Å². The summed E-state index contributed by atoms with van der Waals surface area (Å²) in [4.78, 5) is 32.0. The molecule has 0 aliphatic rings. The normalized spacial score (nSPS) is 9.25. The number of carbonyl (C=O) groups is 3. The summed E-state index contributed by atoms with van der Waals surface area (Å²) in [7, 11) is 0. The Morgan fingerprint density at radius 1 is 1.25 bits per heavy atom. The highest BCUT2D eigenvalue weighted by molar-refractivity contribution is 6.05. The van der Waals surface area contributed by atoms with Gasteiger partial charge in [0.2, 0.25) is 6.10 Å². The molecule has 0 rings (SSSR count). The Labute approximate surface area is 70.2 Å². The molecule has 4 nitrogen and oxygen atoms in total. The lowest BCUT2D eigenvalue weighted by atomic mass is 10.2. The topological polar surface area (TPSA) is 60.4 Å². The number of carbonyl (C=O) groups excluding carboxylic acids is 3. The van der Waals surface area contributed by atoms with Crippen LogP contribution in [-0.2, 0) is 19.1 Å². The van der Waals surface area contributed by atoms with E-state index in [1.54, 1.807) is 0 Å². The maximum absolute atomic E-state index is 10.7. The number of ether oxygens (including phenoxy) is 1. The van der Waals surface area contributed by atoms with Crippen LogP contribution in [0.3, 0.4) is 0 Å². The predicted octanol–water partition coefficient (Wildman–Crippen LogP) is 0.262. The highest BCUT2D eigenvalue weighted by Crippen LogP contribution is 1.96. The van der Waals surface area contributed by atoms with Crippen LogP contribution in [0.2, 0.25) is 0 Å². The second kappa shape index (κ2) is 4.43. The van der Waals surface area contributed by atoms with Crippen LogP contribution in [0, 0.1) is 0 Å². The summed E-state index contributed by atoms with van der Waals surface area (Å²) in [6.07, 6.45) is -0.380. The molecule has 0 aliphatic heterocycles. The standard InChI is InChI=1S/C8H10O4/c1-4-7(11)12-8(5(2)9)6(3)10/h4,8H,1H2,2-3H3. The molecule has 0 saturated heterocycles. The van der Waals surface area contributed by atoms with Crippen molar-refractivity contribution in [1.29, 1.82) is 0 Å². The molecular weight excluding hydrogens is 160 g/mol. The van der Waals surface area contributed by atoms with Gasteiger partial charge in [0, 0.05) is 6.08 Å². The SMILES string of the molecule is C=CC(=O)OC(C(C)=O)C(C)=O. The van der Waals surface area contributed by atoms with E-state index in [9.17, 15) is 14.4 Å². The molecule has 0 fully saturated rings. The zero-order valence-corrected chi connectivity index (χ0v) is 6.99. The van der Waals surface area contributed by atoms with Crippen molar-refractivity contribution < 1.29 is 19.1 Å². The van der Waals surface area contributed by atoms with Crippen LogP contribution in [0.15, 0.2) is 12.7 Å². The van der Waals surface area contributed by atoms with Gasteiger partial charge in [0.15, 0.2) is 11.6 Å². The molecule has 4 heteroatoms. The summed E-state index contributed by atoms with van der Waals surface area (Å²) in [6, 6.07) is 0. The van der Waals surface area contributed by atoms with Gasteiger partial charge in [-0.05, 0) is 13.8 Å². The molecule has 0 heterocycles. The van der Waals surface area contributed by atoms with Crippen molar-refractivity contribution in [3.8, 4) is 0 Å². The smallest absolute Gasteiger partial charge is 0.331 e. The zero-order valence-electron chi connectivity index (χ0n) is 6.99. The van der Waals surface area contributed by atoms with Gasteiger partial charge in [-0.15, -0.1) is 0 Å². The third-order valence-electron chi connectivity index (χ3n) is 1.14. The van der Waals surface area contributed by atoms with Crippen LogP contribution in [0.1, 0.15) is 13.8 Å². The Hall–Kier alpha value is -1.45. The zero-order chi connectivity index (χ0) is 9.72.